The fourth-order valence-corrected chi connectivity index (χ4v) is 2.80. The van der Waals surface area contributed by atoms with Gasteiger partial charge in [-0.2, -0.15) is 5.26 Å². The number of halogens is 2. The molecule has 2 aromatic rings. The van der Waals surface area contributed by atoms with Crippen molar-refractivity contribution in [2.24, 2.45) is 0 Å². The van der Waals surface area contributed by atoms with Crippen molar-refractivity contribution in [1.82, 2.24) is 4.98 Å². The molecule has 0 radical (unpaired) electrons. The number of aryl methyl sites for hydroxylation is 1. The minimum atomic E-state index is -1.28. The van der Waals surface area contributed by atoms with E-state index in [1.165, 1.54) is 6.92 Å². The first-order valence-electron chi connectivity index (χ1n) is 8.72. The molecular formula is C20H19F2N3O4. The van der Waals surface area contributed by atoms with Gasteiger partial charge in [0, 0.05) is 12.1 Å². The lowest BCUT2D eigenvalue weighted by atomic mass is 9.99. The monoisotopic (exact) mass is 403 g/mol. The highest BCUT2D eigenvalue weighted by Gasteiger charge is 2.21. The number of benzene rings is 1. The molecule has 0 aliphatic heterocycles. The molecule has 2 rings (SSSR count). The number of carbonyl (C=O) groups is 2. The molecule has 29 heavy (non-hydrogen) atoms. The van der Waals surface area contributed by atoms with E-state index in [0.29, 0.717) is 16.8 Å². The molecule has 7 nitrogen and oxygen atoms in total. The topological polar surface area (TPSA) is 112 Å². The Morgan fingerprint density at radius 2 is 1.90 bits per heavy atom. The molecule has 1 atom stereocenters. The maximum Gasteiger partial charge on any atom is 0.306 e. The standard InChI is InChI=1S/C20H19F2N3O4/c1-10-13(11(2)24-20(28)14(10)9-23)7-8-17(26)29-12(3)19(27)25-18-15(21)5-4-6-16(18)22/h4-6,12H,7-8H2,1-3H3,(H,24,28)(H,25,27)/t12-/m1/s1. The smallest absolute Gasteiger partial charge is 0.306 e. The van der Waals surface area contributed by atoms with E-state index in [0.717, 1.165) is 18.2 Å². The minimum absolute atomic E-state index is 0.0290. The second-order valence-electron chi connectivity index (χ2n) is 6.39. The molecule has 0 fully saturated rings. The molecule has 1 aromatic carbocycles. The fraction of sp³-hybridized carbons (Fsp3) is 0.300. The largest absolute Gasteiger partial charge is 0.453 e. The molecule has 1 amide bonds. The van der Waals surface area contributed by atoms with Crippen LogP contribution in [0.3, 0.4) is 0 Å². The number of aromatic nitrogens is 1. The first-order valence-corrected chi connectivity index (χ1v) is 8.72. The lowest BCUT2D eigenvalue weighted by Gasteiger charge is -2.15. The minimum Gasteiger partial charge on any atom is -0.453 e. The third-order valence-corrected chi connectivity index (χ3v) is 4.39. The predicted molar refractivity (Wildman–Crippen MR) is 100 cm³/mol. The number of nitrogens with zero attached hydrogens (tertiary/aromatic N) is 1. The molecule has 0 spiro atoms. The molecule has 152 valence electrons. The summed E-state index contributed by atoms with van der Waals surface area (Å²) in [6.45, 7) is 4.53. The van der Waals surface area contributed by atoms with Crippen LogP contribution in [0.5, 0.6) is 0 Å². The number of esters is 1. The van der Waals surface area contributed by atoms with Crippen molar-refractivity contribution in [2.45, 2.75) is 39.7 Å². The number of rotatable bonds is 6. The van der Waals surface area contributed by atoms with Gasteiger partial charge in [0.2, 0.25) is 0 Å². The van der Waals surface area contributed by atoms with Crippen LogP contribution in [0, 0.1) is 36.8 Å². The van der Waals surface area contributed by atoms with E-state index in [-0.39, 0.29) is 18.4 Å². The van der Waals surface area contributed by atoms with Crippen molar-refractivity contribution >= 4 is 17.6 Å². The van der Waals surface area contributed by atoms with Crippen molar-refractivity contribution in [3.05, 3.63) is 62.6 Å². The molecule has 0 bridgehead atoms. The van der Waals surface area contributed by atoms with Gasteiger partial charge in [-0.25, -0.2) is 8.78 Å². The number of pyridine rings is 1. The van der Waals surface area contributed by atoms with Gasteiger partial charge in [0.1, 0.15) is 29.0 Å². The van der Waals surface area contributed by atoms with Gasteiger partial charge in [-0.3, -0.25) is 14.4 Å². The number of ether oxygens (including phenoxy) is 1. The van der Waals surface area contributed by atoms with E-state index in [4.69, 9.17) is 10.00 Å². The lowest BCUT2D eigenvalue weighted by Crippen LogP contribution is -2.30. The number of carbonyl (C=O) groups excluding carboxylic acids is 2. The fourth-order valence-electron chi connectivity index (χ4n) is 2.80. The van der Waals surface area contributed by atoms with E-state index in [1.54, 1.807) is 13.8 Å². The summed E-state index contributed by atoms with van der Waals surface area (Å²) < 4.78 is 32.2. The molecule has 2 N–H and O–H groups in total. The van der Waals surface area contributed by atoms with Crippen LogP contribution in [-0.4, -0.2) is 23.0 Å². The van der Waals surface area contributed by atoms with E-state index < -0.39 is 40.9 Å². The zero-order valence-electron chi connectivity index (χ0n) is 16.1. The van der Waals surface area contributed by atoms with Crippen LogP contribution in [0.15, 0.2) is 23.0 Å². The van der Waals surface area contributed by atoms with Crippen LogP contribution in [0.25, 0.3) is 0 Å². The van der Waals surface area contributed by atoms with Gasteiger partial charge < -0.3 is 15.0 Å². The van der Waals surface area contributed by atoms with E-state index in [9.17, 15) is 23.2 Å². The van der Waals surface area contributed by atoms with Crippen LogP contribution < -0.4 is 10.9 Å². The highest BCUT2D eigenvalue weighted by molar-refractivity contribution is 5.95. The Bertz CT molecular complexity index is 1040. The van der Waals surface area contributed by atoms with Crippen LogP contribution in [0.1, 0.15) is 35.7 Å². The van der Waals surface area contributed by atoms with Crippen molar-refractivity contribution < 1.29 is 23.1 Å². The number of nitrogens with one attached hydrogen (secondary N) is 2. The Hall–Kier alpha value is -3.54. The quantitative estimate of drug-likeness (QED) is 0.720. The van der Waals surface area contributed by atoms with Gasteiger partial charge in [0.15, 0.2) is 6.10 Å². The predicted octanol–water partition coefficient (Wildman–Crippen LogP) is 2.64. The first kappa shape index (κ1) is 21.8. The number of aromatic amines is 1. The molecule has 0 saturated carbocycles. The molecule has 0 aliphatic rings. The Kier molecular flexibility index (Phi) is 6.83. The number of para-hydroxylation sites is 1. The van der Waals surface area contributed by atoms with Gasteiger partial charge in [0.25, 0.3) is 11.5 Å². The summed E-state index contributed by atoms with van der Waals surface area (Å²) in [6, 6.07) is 4.95. The average molecular weight is 403 g/mol. The second kappa shape index (κ2) is 9.10. The maximum atomic E-state index is 13.6. The highest BCUT2D eigenvalue weighted by atomic mass is 19.1. The summed E-state index contributed by atoms with van der Waals surface area (Å²) in [6.07, 6.45) is -1.23. The van der Waals surface area contributed by atoms with E-state index in [1.807, 2.05) is 6.07 Å². The highest BCUT2D eigenvalue weighted by Crippen LogP contribution is 2.19. The van der Waals surface area contributed by atoms with Gasteiger partial charge in [-0.05, 0) is 50.5 Å². The number of hydrogen-bond donors (Lipinski definition) is 2. The van der Waals surface area contributed by atoms with Crippen molar-refractivity contribution in [3.63, 3.8) is 0 Å². The second-order valence-corrected chi connectivity index (χ2v) is 6.39. The van der Waals surface area contributed by atoms with E-state index >= 15 is 0 Å². The van der Waals surface area contributed by atoms with E-state index in [2.05, 4.69) is 10.3 Å². The Morgan fingerprint density at radius 3 is 2.48 bits per heavy atom. The summed E-state index contributed by atoms with van der Waals surface area (Å²) >= 11 is 0. The molecule has 0 unspecified atom stereocenters. The summed E-state index contributed by atoms with van der Waals surface area (Å²) in [5.41, 5.74) is 0.480. The average Bonchev–Trinajstić information content (AvgIpc) is 2.64. The Labute approximate surface area is 165 Å². The summed E-state index contributed by atoms with van der Waals surface area (Å²) in [5, 5.41) is 11.1. The Morgan fingerprint density at radius 1 is 1.28 bits per heavy atom. The number of H-pyrrole nitrogens is 1. The van der Waals surface area contributed by atoms with Gasteiger partial charge in [-0.1, -0.05) is 6.07 Å². The van der Waals surface area contributed by atoms with Gasteiger partial charge in [-0.15, -0.1) is 0 Å². The number of amides is 1. The zero-order chi connectivity index (χ0) is 21.7. The first-order chi connectivity index (χ1) is 13.6. The zero-order valence-corrected chi connectivity index (χ0v) is 16.1. The normalized spacial score (nSPS) is 11.4. The van der Waals surface area contributed by atoms with Gasteiger partial charge in [0.05, 0.1) is 0 Å². The van der Waals surface area contributed by atoms with Crippen LogP contribution in [-0.2, 0) is 20.7 Å². The summed E-state index contributed by atoms with van der Waals surface area (Å²) in [5.74, 6) is -3.50. The number of nitriles is 1. The van der Waals surface area contributed by atoms with Crippen LogP contribution in [0.2, 0.25) is 0 Å². The van der Waals surface area contributed by atoms with Crippen molar-refractivity contribution in [3.8, 4) is 6.07 Å². The molecule has 0 saturated heterocycles. The summed E-state index contributed by atoms with van der Waals surface area (Å²) in [7, 11) is 0. The van der Waals surface area contributed by atoms with Crippen molar-refractivity contribution in [1.29, 1.82) is 5.26 Å². The third kappa shape index (κ3) is 5.04. The number of anilines is 1. The third-order valence-electron chi connectivity index (χ3n) is 4.39. The summed E-state index contributed by atoms with van der Waals surface area (Å²) in [4.78, 5) is 38.4. The van der Waals surface area contributed by atoms with Crippen LogP contribution >= 0.6 is 0 Å². The SMILES string of the molecule is Cc1[nH]c(=O)c(C#N)c(C)c1CCC(=O)O[C@H](C)C(=O)Nc1c(F)cccc1F. The molecular weight excluding hydrogens is 384 g/mol. The number of hydrogen-bond acceptors (Lipinski definition) is 5. The van der Waals surface area contributed by atoms with Crippen molar-refractivity contribution in [2.75, 3.05) is 5.32 Å². The lowest BCUT2D eigenvalue weighted by molar-refractivity contribution is -0.153. The van der Waals surface area contributed by atoms with Crippen LogP contribution in [0.4, 0.5) is 14.5 Å². The maximum absolute atomic E-state index is 13.6. The molecule has 9 heteroatoms. The Balaban J connectivity index is 2.00. The molecule has 1 aromatic heterocycles. The molecule has 1 heterocycles. The van der Waals surface area contributed by atoms with Gasteiger partial charge >= 0.3 is 5.97 Å². The molecule has 0 aliphatic carbocycles.